The summed E-state index contributed by atoms with van der Waals surface area (Å²) in [5.41, 5.74) is 0. The number of nitrogens with zero attached hydrogens (tertiary/aromatic N) is 1. The topological polar surface area (TPSA) is 33.7 Å². The van der Waals surface area contributed by atoms with Crippen molar-refractivity contribution in [3.05, 3.63) is 0 Å². The Morgan fingerprint density at radius 2 is 1.94 bits per heavy atom. The number of likely N-dealkylation sites (N-methyl/N-ethyl adjacent to an activating group) is 1. The first-order valence-electron chi connectivity index (χ1n) is 6.20. The fraction of sp³-hybridized carbons (Fsp3) is 1.00. The van der Waals surface area contributed by atoms with Crippen molar-refractivity contribution in [2.45, 2.75) is 26.3 Å². The lowest BCUT2D eigenvalue weighted by atomic mass is 10.2. The van der Waals surface area contributed by atoms with E-state index in [9.17, 15) is 0 Å². The maximum Gasteiger partial charge on any atom is 0.0700 e. The number of methoxy groups -OCH3 is 1. The zero-order valence-corrected chi connectivity index (χ0v) is 11.3. The van der Waals surface area contributed by atoms with Crippen LogP contribution in [0.3, 0.4) is 0 Å². The average molecular weight is 232 g/mol. The Balaban J connectivity index is 3.14. The minimum atomic E-state index is 0.666. The van der Waals surface area contributed by atoms with Gasteiger partial charge in [0.05, 0.1) is 19.8 Å². The highest BCUT2D eigenvalue weighted by Gasteiger charge is 2.04. The van der Waals surface area contributed by atoms with E-state index in [0.717, 1.165) is 26.2 Å². The van der Waals surface area contributed by atoms with Crippen LogP contribution in [0.1, 0.15) is 20.3 Å². The smallest absolute Gasteiger partial charge is 0.0700 e. The van der Waals surface area contributed by atoms with E-state index in [1.54, 1.807) is 7.11 Å². The molecule has 16 heavy (non-hydrogen) atoms. The molecule has 0 fully saturated rings. The fourth-order valence-electron chi connectivity index (χ4n) is 1.30. The standard InChI is InChI=1S/C12H28N2O2/c1-5-12(2)14(3)8-6-13-7-9-16-11-10-15-4/h12-13H,5-11H2,1-4H3. The third kappa shape index (κ3) is 9.09. The van der Waals surface area contributed by atoms with Crippen molar-refractivity contribution in [1.82, 2.24) is 10.2 Å². The molecule has 0 bridgehead atoms. The summed E-state index contributed by atoms with van der Waals surface area (Å²) in [6, 6.07) is 0.666. The van der Waals surface area contributed by atoms with Gasteiger partial charge in [-0.2, -0.15) is 0 Å². The molecule has 1 unspecified atom stereocenters. The number of hydrogen-bond donors (Lipinski definition) is 1. The Morgan fingerprint density at radius 3 is 2.56 bits per heavy atom. The molecular weight excluding hydrogens is 204 g/mol. The molecule has 0 aliphatic heterocycles. The van der Waals surface area contributed by atoms with Crippen molar-refractivity contribution < 1.29 is 9.47 Å². The van der Waals surface area contributed by atoms with Crippen LogP contribution in [0.4, 0.5) is 0 Å². The van der Waals surface area contributed by atoms with E-state index in [0.29, 0.717) is 19.3 Å². The maximum atomic E-state index is 5.35. The summed E-state index contributed by atoms with van der Waals surface area (Å²) in [5, 5.41) is 3.36. The van der Waals surface area contributed by atoms with Crippen LogP contribution in [0, 0.1) is 0 Å². The highest BCUT2D eigenvalue weighted by molar-refractivity contribution is 4.62. The molecular formula is C12H28N2O2. The van der Waals surface area contributed by atoms with Gasteiger partial charge in [0, 0.05) is 32.8 Å². The third-order valence-electron chi connectivity index (χ3n) is 2.84. The van der Waals surface area contributed by atoms with Gasteiger partial charge in [0.2, 0.25) is 0 Å². The third-order valence-corrected chi connectivity index (χ3v) is 2.84. The minimum Gasteiger partial charge on any atom is -0.382 e. The lowest BCUT2D eigenvalue weighted by Gasteiger charge is -2.23. The molecule has 0 radical (unpaired) electrons. The zero-order valence-electron chi connectivity index (χ0n) is 11.3. The summed E-state index contributed by atoms with van der Waals surface area (Å²) >= 11 is 0. The number of nitrogens with one attached hydrogen (secondary N) is 1. The molecule has 0 aromatic heterocycles. The number of hydrogen-bond acceptors (Lipinski definition) is 4. The van der Waals surface area contributed by atoms with Gasteiger partial charge in [0.15, 0.2) is 0 Å². The van der Waals surface area contributed by atoms with Crippen LogP contribution in [-0.4, -0.2) is 64.6 Å². The van der Waals surface area contributed by atoms with E-state index >= 15 is 0 Å². The summed E-state index contributed by atoms with van der Waals surface area (Å²) in [5.74, 6) is 0. The molecule has 0 saturated carbocycles. The largest absolute Gasteiger partial charge is 0.382 e. The van der Waals surface area contributed by atoms with E-state index in [1.165, 1.54) is 6.42 Å². The first-order chi connectivity index (χ1) is 7.72. The number of rotatable bonds is 11. The van der Waals surface area contributed by atoms with Crippen molar-refractivity contribution in [3.8, 4) is 0 Å². The molecule has 0 spiro atoms. The fourth-order valence-corrected chi connectivity index (χ4v) is 1.30. The van der Waals surface area contributed by atoms with E-state index in [1.807, 2.05) is 0 Å². The van der Waals surface area contributed by atoms with Gasteiger partial charge in [-0.15, -0.1) is 0 Å². The van der Waals surface area contributed by atoms with Gasteiger partial charge in [-0.1, -0.05) is 6.92 Å². The van der Waals surface area contributed by atoms with E-state index < -0.39 is 0 Å². The first-order valence-corrected chi connectivity index (χ1v) is 6.20. The van der Waals surface area contributed by atoms with Crippen molar-refractivity contribution in [1.29, 1.82) is 0 Å². The molecule has 0 aromatic carbocycles. The molecule has 1 N–H and O–H groups in total. The van der Waals surface area contributed by atoms with Crippen LogP contribution in [-0.2, 0) is 9.47 Å². The normalized spacial score (nSPS) is 13.3. The summed E-state index contributed by atoms with van der Waals surface area (Å²) in [7, 11) is 3.86. The molecule has 0 aromatic rings. The average Bonchev–Trinajstić information content (AvgIpc) is 2.31. The van der Waals surface area contributed by atoms with Gasteiger partial charge in [0.1, 0.15) is 0 Å². The molecule has 0 rings (SSSR count). The SMILES string of the molecule is CCC(C)N(C)CCNCCOCCOC. The van der Waals surface area contributed by atoms with Gasteiger partial charge < -0.3 is 19.7 Å². The second-order valence-electron chi connectivity index (χ2n) is 4.09. The lowest BCUT2D eigenvalue weighted by Crippen LogP contribution is -2.35. The summed E-state index contributed by atoms with van der Waals surface area (Å²) in [4.78, 5) is 2.37. The number of ether oxygens (including phenoxy) is 2. The van der Waals surface area contributed by atoms with Gasteiger partial charge in [-0.3, -0.25) is 0 Å². The molecule has 4 nitrogen and oxygen atoms in total. The molecule has 98 valence electrons. The van der Waals surface area contributed by atoms with Gasteiger partial charge in [0.25, 0.3) is 0 Å². The minimum absolute atomic E-state index is 0.666. The molecule has 0 aliphatic rings. The van der Waals surface area contributed by atoms with Crippen molar-refractivity contribution >= 4 is 0 Å². The Bertz CT molecular complexity index is 145. The quantitative estimate of drug-likeness (QED) is 0.538. The maximum absolute atomic E-state index is 5.35. The van der Waals surface area contributed by atoms with Gasteiger partial charge >= 0.3 is 0 Å². The van der Waals surface area contributed by atoms with Gasteiger partial charge in [-0.25, -0.2) is 0 Å². The molecule has 0 heterocycles. The second-order valence-corrected chi connectivity index (χ2v) is 4.09. The van der Waals surface area contributed by atoms with Crippen LogP contribution in [0.25, 0.3) is 0 Å². The van der Waals surface area contributed by atoms with Crippen LogP contribution in [0.15, 0.2) is 0 Å². The van der Waals surface area contributed by atoms with Crippen molar-refractivity contribution in [2.24, 2.45) is 0 Å². The van der Waals surface area contributed by atoms with E-state index in [-0.39, 0.29) is 0 Å². The van der Waals surface area contributed by atoms with Crippen LogP contribution in [0.2, 0.25) is 0 Å². The predicted octanol–water partition coefficient (Wildman–Crippen LogP) is 0.969. The molecule has 0 amide bonds. The van der Waals surface area contributed by atoms with E-state index in [2.05, 4.69) is 31.1 Å². The van der Waals surface area contributed by atoms with E-state index in [4.69, 9.17) is 9.47 Å². The highest BCUT2D eigenvalue weighted by atomic mass is 16.5. The lowest BCUT2D eigenvalue weighted by molar-refractivity contribution is 0.0717. The zero-order chi connectivity index (χ0) is 12.2. The monoisotopic (exact) mass is 232 g/mol. The van der Waals surface area contributed by atoms with Crippen LogP contribution >= 0.6 is 0 Å². The molecule has 0 aliphatic carbocycles. The highest BCUT2D eigenvalue weighted by Crippen LogP contribution is 1.97. The van der Waals surface area contributed by atoms with Gasteiger partial charge in [-0.05, 0) is 20.4 Å². The van der Waals surface area contributed by atoms with Crippen LogP contribution < -0.4 is 5.32 Å². The Hall–Kier alpha value is -0.160. The van der Waals surface area contributed by atoms with Crippen molar-refractivity contribution in [2.75, 3.05) is 53.6 Å². The Morgan fingerprint density at radius 1 is 1.19 bits per heavy atom. The first kappa shape index (κ1) is 15.8. The Kier molecular flexibility index (Phi) is 11.2. The molecule has 4 heteroatoms. The molecule has 0 saturated heterocycles. The summed E-state index contributed by atoms with van der Waals surface area (Å²) < 4.78 is 10.2. The Labute approximate surface area is 100 Å². The second kappa shape index (κ2) is 11.3. The molecule has 1 atom stereocenters. The predicted molar refractivity (Wildman–Crippen MR) is 67.9 cm³/mol. The summed E-state index contributed by atoms with van der Waals surface area (Å²) in [6.45, 7) is 9.63. The summed E-state index contributed by atoms with van der Waals surface area (Å²) in [6.07, 6.45) is 1.20. The van der Waals surface area contributed by atoms with Crippen LogP contribution in [0.5, 0.6) is 0 Å². The van der Waals surface area contributed by atoms with Crippen molar-refractivity contribution in [3.63, 3.8) is 0 Å².